The minimum Gasteiger partial charge on any atom is -0.319 e. The smallest absolute Gasteiger partial charge is 0.255 e. The first kappa shape index (κ1) is 12.3. The van der Waals surface area contributed by atoms with E-state index in [-0.39, 0.29) is 5.91 Å². The van der Waals surface area contributed by atoms with Crippen molar-refractivity contribution in [2.24, 2.45) is 0 Å². The van der Waals surface area contributed by atoms with Crippen LogP contribution in [0.25, 0.3) is 0 Å². The summed E-state index contributed by atoms with van der Waals surface area (Å²) in [5.74, 6) is -0.758. The second-order valence-corrected chi connectivity index (χ2v) is 4.28. The zero-order valence-corrected chi connectivity index (χ0v) is 10.5. The van der Waals surface area contributed by atoms with Crippen molar-refractivity contribution in [3.63, 3.8) is 0 Å². The largest absolute Gasteiger partial charge is 0.319 e. The van der Waals surface area contributed by atoms with Gasteiger partial charge >= 0.3 is 0 Å². The van der Waals surface area contributed by atoms with Crippen LogP contribution >= 0.6 is 0 Å². The summed E-state index contributed by atoms with van der Waals surface area (Å²) >= 11 is 0. The first-order valence-electron chi connectivity index (χ1n) is 5.57. The van der Waals surface area contributed by atoms with E-state index in [4.69, 9.17) is 0 Å². The molecule has 2 N–H and O–H groups in total. The van der Waals surface area contributed by atoms with Crippen LogP contribution in [-0.4, -0.2) is 16.1 Å². The van der Waals surface area contributed by atoms with Crippen LogP contribution in [0.5, 0.6) is 0 Å². The molecule has 0 radical (unpaired) electrons. The maximum absolute atomic E-state index is 13.2. The third-order valence-electron chi connectivity index (χ3n) is 2.67. The molecule has 0 spiro atoms. The third-order valence-corrected chi connectivity index (χ3v) is 2.67. The molecule has 5 heteroatoms. The van der Waals surface area contributed by atoms with Crippen molar-refractivity contribution in [2.75, 3.05) is 5.32 Å². The zero-order valence-electron chi connectivity index (χ0n) is 10.5. The highest BCUT2D eigenvalue weighted by Gasteiger charge is 2.12. The Morgan fingerprint density at radius 2 is 2.00 bits per heavy atom. The monoisotopic (exact) mass is 247 g/mol. The molecule has 0 atom stereocenters. The Kier molecular flexibility index (Phi) is 3.14. The number of hydrogen-bond donors (Lipinski definition) is 2. The molecule has 0 unspecified atom stereocenters. The molecular weight excluding hydrogens is 233 g/mol. The summed E-state index contributed by atoms with van der Waals surface area (Å²) in [5.41, 5.74) is 3.12. The fourth-order valence-corrected chi connectivity index (χ4v) is 1.79. The van der Waals surface area contributed by atoms with Gasteiger partial charge in [-0.15, -0.1) is 0 Å². The molecule has 0 saturated heterocycles. The van der Waals surface area contributed by atoms with Gasteiger partial charge in [0.05, 0.1) is 17.1 Å². The van der Waals surface area contributed by atoms with Crippen LogP contribution in [0, 0.1) is 26.6 Å². The van der Waals surface area contributed by atoms with Crippen LogP contribution in [0.1, 0.15) is 27.3 Å². The second-order valence-electron chi connectivity index (χ2n) is 4.28. The molecule has 94 valence electrons. The summed E-state index contributed by atoms with van der Waals surface area (Å²) in [7, 11) is 0. The fourth-order valence-electron chi connectivity index (χ4n) is 1.79. The van der Waals surface area contributed by atoms with Crippen molar-refractivity contribution in [1.82, 2.24) is 10.2 Å². The topological polar surface area (TPSA) is 57.8 Å². The van der Waals surface area contributed by atoms with E-state index in [1.54, 1.807) is 19.9 Å². The summed E-state index contributed by atoms with van der Waals surface area (Å²) in [6.45, 7) is 5.34. The predicted molar refractivity (Wildman–Crippen MR) is 67.2 cm³/mol. The summed E-state index contributed by atoms with van der Waals surface area (Å²) in [6.07, 6.45) is 0. The minimum atomic E-state index is -0.416. The molecular formula is C13H14FN3O. The van der Waals surface area contributed by atoms with Gasteiger partial charge in [-0.05, 0) is 44.5 Å². The van der Waals surface area contributed by atoms with Crippen molar-refractivity contribution in [3.8, 4) is 0 Å². The zero-order chi connectivity index (χ0) is 13.3. The quantitative estimate of drug-likeness (QED) is 0.857. The maximum atomic E-state index is 13.2. The predicted octanol–water partition coefficient (Wildman–Crippen LogP) is 2.73. The number of benzene rings is 1. The van der Waals surface area contributed by atoms with Gasteiger partial charge in [0.1, 0.15) is 5.82 Å². The van der Waals surface area contributed by atoms with Gasteiger partial charge in [0.15, 0.2) is 0 Å². The number of aromatic nitrogens is 2. The Bertz CT molecular complexity index is 565. The van der Waals surface area contributed by atoms with E-state index in [1.165, 1.54) is 12.1 Å². The van der Waals surface area contributed by atoms with Gasteiger partial charge < -0.3 is 5.32 Å². The third kappa shape index (κ3) is 2.40. The number of rotatable bonds is 2. The van der Waals surface area contributed by atoms with Gasteiger partial charge in [-0.3, -0.25) is 9.89 Å². The van der Waals surface area contributed by atoms with Crippen LogP contribution in [0.15, 0.2) is 18.2 Å². The molecule has 1 heterocycles. The van der Waals surface area contributed by atoms with Crippen LogP contribution in [0.3, 0.4) is 0 Å². The van der Waals surface area contributed by atoms with Gasteiger partial charge in [-0.25, -0.2) is 4.39 Å². The molecule has 2 rings (SSSR count). The minimum absolute atomic E-state index is 0.299. The summed E-state index contributed by atoms with van der Waals surface area (Å²) in [4.78, 5) is 12.0. The molecule has 18 heavy (non-hydrogen) atoms. The van der Waals surface area contributed by atoms with Crippen LogP contribution < -0.4 is 5.32 Å². The number of amides is 1. The van der Waals surface area contributed by atoms with Crippen LogP contribution in [0.2, 0.25) is 0 Å². The molecule has 0 fully saturated rings. The SMILES string of the molecule is Cc1cc(F)cc(C(=O)Nc2c(C)n[nH]c2C)c1. The molecule has 1 aromatic carbocycles. The number of hydrogen-bond acceptors (Lipinski definition) is 2. The van der Waals surface area contributed by atoms with Crippen molar-refractivity contribution in [2.45, 2.75) is 20.8 Å². The number of anilines is 1. The summed E-state index contributed by atoms with van der Waals surface area (Å²) in [5, 5.41) is 9.49. The molecule has 0 bridgehead atoms. The van der Waals surface area contributed by atoms with E-state index in [2.05, 4.69) is 15.5 Å². The van der Waals surface area contributed by atoms with Gasteiger partial charge in [0, 0.05) is 5.56 Å². The number of carbonyl (C=O) groups is 1. The lowest BCUT2D eigenvalue weighted by molar-refractivity contribution is 0.102. The number of aromatic amines is 1. The lowest BCUT2D eigenvalue weighted by Gasteiger charge is -2.06. The number of carbonyl (C=O) groups excluding carboxylic acids is 1. The van der Waals surface area contributed by atoms with E-state index >= 15 is 0 Å². The van der Waals surface area contributed by atoms with E-state index in [0.717, 1.165) is 5.69 Å². The van der Waals surface area contributed by atoms with Crippen LogP contribution in [-0.2, 0) is 0 Å². The summed E-state index contributed by atoms with van der Waals surface area (Å²) < 4.78 is 13.2. The number of aryl methyl sites for hydroxylation is 3. The number of nitrogens with zero attached hydrogens (tertiary/aromatic N) is 1. The number of H-pyrrole nitrogens is 1. The van der Waals surface area contributed by atoms with Crippen molar-refractivity contribution >= 4 is 11.6 Å². The van der Waals surface area contributed by atoms with Gasteiger partial charge in [0.25, 0.3) is 5.91 Å². The number of halogens is 1. The van der Waals surface area contributed by atoms with Gasteiger partial charge in [0.2, 0.25) is 0 Å². The number of nitrogens with one attached hydrogen (secondary N) is 2. The highest BCUT2D eigenvalue weighted by atomic mass is 19.1. The van der Waals surface area contributed by atoms with Gasteiger partial charge in [-0.2, -0.15) is 5.10 Å². The molecule has 1 amide bonds. The molecule has 0 aliphatic heterocycles. The first-order chi connectivity index (χ1) is 8.47. The van der Waals surface area contributed by atoms with E-state index < -0.39 is 5.82 Å². The Hall–Kier alpha value is -2.17. The van der Waals surface area contributed by atoms with Crippen molar-refractivity contribution < 1.29 is 9.18 Å². The standard InChI is InChI=1S/C13H14FN3O/c1-7-4-10(6-11(14)5-7)13(18)15-12-8(2)16-17-9(12)3/h4-6H,1-3H3,(H,15,18)(H,16,17). The lowest BCUT2D eigenvalue weighted by atomic mass is 10.1. The van der Waals surface area contributed by atoms with E-state index in [1.807, 2.05) is 6.92 Å². The Morgan fingerprint density at radius 1 is 1.28 bits per heavy atom. The second kappa shape index (κ2) is 4.60. The molecule has 4 nitrogen and oxygen atoms in total. The molecule has 2 aromatic rings. The normalized spacial score (nSPS) is 10.4. The van der Waals surface area contributed by atoms with E-state index in [0.29, 0.717) is 22.5 Å². The lowest BCUT2D eigenvalue weighted by Crippen LogP contribution is -2.13. The first-order valence-corrected chi connectivity index (χ1v) is 5.57. The molecule has 0 aliphatic rings. The molecule has 0 aliphatic carbocycles. The van der Waals surface area contributed by atoms with Gasteiger partial charge in [-0.1, -0.05) is 0 Å². The Morgan fingerprint density at radius 3 is 2.56 bits per heavy atom. The average molecular weight is 247 g/mol. The Labute approximate surface area is 104 Å². The highest BCUT2D eigenvalue weighted by Crippen LogP contribution is 2.18. The molecule has 0 saturated carbocycles. The highest BCUT2D eigenvalue weighted by molar-refractivity contribution is 6.04. The maximum Gasteiger partial charge on any atom is 0.255 e. The van der Waals surface area contributed by atoms with Crippen molar-refractivity contribution in [3.05, 3.63) is 46.5 Å². The van der Waals surface area contributed by atoms with E-state index in [9.17, 15) is 9.18 Å². The molecule has 1 aromatic heterocycles. The van der Waals surface area contributed by atoms with Crippen LogP contribution in [0.4, 0.5) is 10.1 Å². The Balaban J connectivity index is 2.27. The average Bonchev–Trinajstić information content (AvgIpc) is 2.59. The fraction of sp³-hybridized carbons (Fsp3) is 0.231. The van der Waals surface area contributed by atoms with Crippen molar-refractivity contribution in [1.29, 1.82) is 0 Å². The summed E-state index contributed by atoms with van der Waals surface area (Å²) in [6, 6.07) is 4.24.